The molecule has 1 aliphatic heterocycles. The minimum Gasteiger partial charge on any atom is -0.494 e. The van der Waals surface area contributed by atoms with Crippen LogP contribution >= 0.6 is 0 Å². The molecule has 0 bridgehead atoms. The maximum Gasteiger partial charge on any atom is 0.416 e. The Morgan fingerprint density at radius 1 is 1.17 bits per heavy atom. The number of benzene rings is 2. The third-order valence-corrected chi connectivity index (χ3v) is 9.29. The molecule has 4 aromatic rings. The predicted molar refractivity (Wildman–Crippen MR) is 160 cm³/mol. The number of nitrogens with zero attached hydrogens (tertiary/aromatic N) is 3. The van der Waals surface area contributed by atoms with Gasteiger partial charge in [0.25, 0.3) is 5.91 Å². The fourth-order valence-corrected chi connectivity index (χ4v) is 6.10. The van der Waals surface area contributed by atoms with E-state index in [0.29, 0.717) is 41.3 Å². The Hall–Kier alpha value is -4.65. The third-order valence-electron chi connectivity index (χ3n) is 9.29. The average molecular weight is 636 g/mol. The van der Waals surface area contributed by atoms with Crippen LogP contribution < -0.4 is 20.5 Å². The number of carbonyl (C=O) groups is 2. The lowest BCUT2D eigenvalue weighted by atomic mass is 9.81. The van der Waals surface area contributed by atoms with Gasteiger partial charge in [0.1, 0.15) is 40.3 Å². The molecule has 2 atom stereocenters. The predicted octanol–water partition coefficient (Wildman–Crippen LogP) is 4.62. The zero-order chi connectivity index (χ0) is 32.6. The van der Waals surface area contributed by atoms with Gasteiger partial charge in [0.15, 0.2) is 0 Å². The summed E-state index contributed by atoms with van der Waals surface area (Å²) in [5.41, 5.74) is 3.33. The summed E-state index contributed by atoms with van der Waals surface area (Å²) < 4.78 is 54.2. The van der Waals surface area contributed by atoms with E-state index in [0.717, 1.165) is 30.4 Å². The molecule has 2 aromatic heterocycles. The molecule has 2 amide bonds. The highest BCUT2D eigenvalue weighted by molar-refractivity contribution is 6.00. The Balaban J connectivity index is 1.27. The van der Waals surface area contributed by atoms with E-state index in [1.807, 2.05) is 10.9 Å². The highest BCUT2D eigenvalue weighted by Gasteiger charge is 2.50. The van der Waals surface area contributed by atoms with Gasteiger partial charge in [0, 0.05) is 28.3 Å². The van der Waals surface area contributed by atoms with Crippen LogP contribution in [0.5, 0.6) is 11.5 Å². The number of halogens is 3. The zero-order valence-corrected chi connectivity index (χ0v) is 25.1. The molecule has 2 aromatic carbocycles. The van der Waals surface area contributed by atoms with Crippen molar-refractivity contribution in [3.8, 4) is 22.8 Å². The molecule has 2 aliphatic carbocycles. The number of alkyl halides is 3. The maximum absolute atomic E-state index is 13.7. The summed E-state index contributed by atoms with van der Waals surface area (Å²) in [6.45, 7) is 1.18. The summed E-state index contributed by atoms with van der Waals surface area (Å²) in [6, 6.07) is 9.77. The van der Waals surface area contributed by atoms with Crippen LogP contribution in [0, 0.1) is 5.92 Å². The molecule has 2 fully saturated rings. The fourth-order valence-electron chi connectivity index (χ4n) is 6.10. The summed E-state index contributed by atoms with van der Waals surface area (Å²) in [5, 5.41) is 20.4. The number of ether oxygens (including phenoxy) is 2. The largest absolute Gasteiger partial charge is 0.494 e. The van der Waals surface area contributed by atoms with Crippen LogP contribution in [0.25, 0.3) is 22.2 Å². The van der Waals surface area contributed by atoms with Crippen LogP contribution in [0.15, 0.2) is 48.7 Å². The summed E-state index contributed by atoms with van der Waals surface area (Å²) >= 11 is 0. The Morgan fingerprint density at radius 2 is 1.93 bits per heavy atom. The number of hydrogen-bond acceptors (Lipinski definition) is 7. The van der Waals surface area contributed by atoms with Crippen molar-refractivity contribution in [2.75, 3.05) is 20.3 Å². The average Bonchev–Trinajstić information content (AvgIpc) is 3.98. The summed E-state index contributed by atoms with van der Waals surface area (Å²) in [7, 11) is 1.50. The van der Waals surface area contributed by atoms with Gasteiger partial charge in [-0.25, -0.2) is 4.98 Å². The number of aliphatic hydroxyl groups is 1. The fraction of sp³-hybridized carbons (Fsp3) is 0.394. The minimum absolute atomic E-state index is 0.0387. The van der Waals surface area contributed by atoms with Crippen LogP contribution in [0.1, 0.15) is 65.8 Å². The number of nitrogens with one attached hydrogen (secondary N) is 1. The van der Waals surface area contributed by atoms with Gasteiger partial charge in [-0.3, -0.25) is 14.3 Å². The number of methoxy groups -OCH3 is 1. The molecule has 0 radical (unpaired) electrons. The second kappa shape index (κ2) is 10.4. The van der Waals surface area contributed by atoms with Crippen molar-refractivity contribution in [2.45, 2.75) is 55.8 Å². The van der Waals surface area contributed by atoms with E-state index in [4.69, 9.17) is 15.2 Å². The molecule has 3 aliphatic rings. The molecular weight excluding hydrogens is 603 g/mol. The van der Waals surface area contributed by atoms with Crippen LogP contribution in [0.3, 0.4) is 0 Å². The molecule has 0 saturated heterocycles. The van der Waals surface area contributed by atoms with Gasteiger partial charge in [-0.15, -0.1) is 0 Å². The first-order valence-corrected chi connectivity index (χ1v) is 15.1. The Morgan fingerprint density at radius 3 is 2.59 bits per heavy atom. The third kappa shape index (κ3) is 5.02. The SMILES string of the molecule is COc1cc(C(=O)NCC(O)(c2cc3c(c(-c4cccc(C(F)(F)F)c4)n2)OC[C@]3(C)C(N)=O)C2CC2)cc2cn(C3CC3)nc12. The summed E-state index contributed by atoms with van der Waals surface area (Å²) in [5.74, 6) is -0.905. The lowest BCUT2D eigenvalue weighted by Crippen LogP contribution is -2.44. The van der Waals surface area contributed by atoms with Crippen molar-refractivity contribution >= 4 is 22.7 Å². The second-order valence-electron chi connectivity index (χ2n) is 12.6. The van der Waals surface area contributed by atoms with E-state index in [1.165, 1.54) is 25.3 Å². The van der Waals surface area contributed by atoms with Gasteiger partial charge < -0.3 is 25.6 Å². The van der Waals surface area contributed by atoms with Gasteiger partial charge >= 0.3 is 6.18 Å². The van der Waals surface area contributed by atoms with Crippen molar-refractivity contribution < 1.29 is 37.3 Å². The number of carbonyl (C=O) groups excluding carboxylic acids is 2. The second-order valence-corrected chi connectivity index (χ2v) is 12.6. The van der Waals surface area contributed by atoms with Crippen molar-refractivity contribution in [1.29, 1.82) is 0 Å². The van der Waals surface area contributed by atoms with Gasteiger partial charge in [0.2, 0.25) is 5.91 Å². The molecule has 0 spiro atoms. The van der Waals surface area contributed by atoms with Crippen molar-refractivity contribution in [3.63, 3.8) is 0 Å². The molecule has 1 unspecified atom stereocenters. The first kappa shape index (κ1) is 30.0. The molecule has 13 heteroatoms. The lowest BCUT2D eigenvalue weighted by molar-refractivity contribution is -0.137. The molecule has 240 valence electrons. The zero-order valence-electron chi connectivity index (χ0n) is 25.1. The van der Waals surface area contributed by atoms with E-state index < -0.39 is 34.6 Å². The minimum atomic E-state index is -4.61. The summed E-state index contributed by atoms with van der Waals surface area (Å²) in [6.07, 6.45) is 0.622. The monoisotopic (exact) mass is 635 g/mol. The smallest absolute Gasteiger partial charge is 0.416 e. The first-order chi connectivity index (χ1) is 21.8. The number of pyridine rings is 1. The number of rotatable bonds is 9. The van der Waals surface area contributed by atoms with E-state index in [2.05, 4.69) is 15.4 Å². The highest BCUT2D eigenvalue weighted by Crippen LogP contribution is 2.50. The molecule has 2 saturated carbocycles. The molecule has 4 N–H and O–H groups in total. The van der Waals surface area contributed by atoms with E-state index in [1.54, 1.807) is 19.1 Å². The van der Waals surface area contributed by atoms with Crippen LogP contribution in [0.4, 0.5) is 13.2 Å². The number of hydrogen-bond donors (Lipinski definition) is 3. The molecule has 46 heavy (non-hydrogen) atoms. The van der Waals surface area contributed by atoms with Crippen LogP contribution in [0.2, 0.25) is 0 Å². The van der Waals surface area contributed by atoms with Crippen LogP contribution in [-0.4, -0.2) is 51.9 Å². The Bertz CT molecular complexity index is 1900. The first-order valence-electron chi connectivity index (χ1n) is 15.1. The number of primary amides is 1. The number of nitrogens with two attached hydrogens (primary N) is 1. The van der Waals surface area contributed by atoms with E-state index in [9.17, 15) is 27.9 Å². The maximum atomic E-state index is 13.7. The van der Waals surface area contributed by atoms with Gasteiger partial charge in [-0.2, -0.15) is 18.3 Å². The molecule has 10 nitrogen and oxygen atoms in total. The topological polar surface area (TPSA) is 142 Å². The van der Waals surface area contributed by atoms with Crippen LogP contribution in [-0.2, 0) is 22.0 Å². The van der Waals surface area contributed by atoms with E-state index >= 15 is 0 Å². The lowest BCUT2D eigenvalue weighted by Gasteiger charge is -2.30. The van der Waals surface area contributed by atoms with Gasteiger partial charge in [-0.05, 0) is 68.9 Å². The van der Waals surface area contributed by atoms with E-state index in [-0.39, 0.29) is 41.8 Å². The van der Waals surface area contributed by atoms with Crippen molar-refractivity contribution in [3.05, 3.63) is 71.0 Å². The van der Waals surface area contributed by atoms with Gasteiger partial charge in [-0.1, -0.05) is 12.1 Å². The molecular formula is C33H32F3N5O5. The van der Waals surface area contributed by atoms with Gasteiger partial charge in [0.05, 0.1) is 31.0 Å². The molecule has 3 heterocycles. The van der Waals surface area contributed by atoms with Crippen molar-refractivity contribution in [1.82, 2.24) is 20.1 Å². The number of fused-ring (bicyclic) bond motifs is 2. The number of aromatic nitrogens is 3. The molecule has 7 rings (SSSR count). The Labute approximate surface area is 261 Å². The quantitative estimate of drug-likeness (QED) is 0.244. The van der Waals surface area contributed by atoms with Crippen molar-refractivity contribution in [2.24, 2.45) is 11.7 Å². The Kier molecular flexibility index (Phi) is 6.82. The summed E-state index contributed by atoms with van der Waals surface area (Å²) in [4.78, 5) is 30.8. The normalized spacial score (nSPS) is 20.6. The highest BCUT2D eigenvalue weighted by atomic mass is 19.4. The standard InChI is InChI=1S/C33H32F3N5O5/c1-31(30(37)43)16-46-28-23(31)13-25(39-27(28)17-4-3-5-21(11-17)33(34,35)36)32(44,20-6-7-20)15-38-29(42)18-10-19-14-41(22-8-9-22)40-26(19)24(12-18)45-2/h3-5,10-14,20,22,44H,6-9,15-16H2,1-2H3,(H2,37,43)(H,38,42)/t31-,32?/m0/s1. The number of amides is 2.